The van der Waals surface area contributed by atoms with Gasteiger partial charge in [-0.2, -0.15) is 0 Å². The van der Waals surface area contributed by atoms with E-state index in [0.717, 1.165) is 24.9 Å². The Morgan fingerprint density at radius 2 is 2.12 bits per heavy atom. The molecule has 1 saturated heterocycles. The molecule has 0 amide bonds. The van der Waals surface area contributed by atoms with Crippen LogP contribution in [0.1, 0.15) is 31.7 Å². The number of esters is 1. The van der Waals surface area contributed by atoms with Crippen molar-refractivity contribution in [1.82, 2.24) is 4.90 Å². The van der Waals surface area contributed by atoms with Gasteiger partial charge in [0.1, 0.15) is 0 Å². The first-order valence-electron chi connectivity index (χ1n) is 8.54. The van der Waals surface area contributed by atoms with Crippen LogP contribution in [-0.2, 0) is 14.3 Å². The molecule has 1 atom stereocenters. The molecule has 1 aromatic carbocycles. The van der Waals surface area contributed by atoms with Crippen molar-refractivity contribution in [2.24, 2.45) is 5.92 Å². The molecule has 1 fully saturated rings. The Morgan fingerprint density at radius 1 is 1.35 bits per heavy atom. The SMILES string of the molecule is CCOC(=O)C1CCCN(CCC(=O)C=Cc2ccc(Cl)cc2Cl)C1.Cl. The van der Waals surface area contributed by atoms with E-state index in [1.165, 1.54) is 0 Å². The minimum absolute atomic E-state index is 0. The van der Waals surface area contributed by atoms with Crippen LogP contribution in [0, 0.1) is 5.92 Å². The molecule has 0 aromatic heterocycles. The Morgan fingerprint density at radius 3 is 2.81 bits per heavy atom. The molecule has 1 heterocycles. The zero-order chi connectivity index (χ0) is 18.2. The van der Waals surface area contributed by atoms with Gasteiger partial charge in [0.25, 0.3) is 0 Å². The number of carbonyl (C=O) groups excluding carboxylic acids is 2. The summed E-state index contributed by atoms with van der Waals surface area (Å²) in [6.45, 7) is 4.45. The second-order valence-electron chi connectivity index (χ2n) is 6.11. The number of ketones is 1. The van der Waals surface area contributed by atoms with Crippen LogP contribution in [0.3, 0.4) is 0 Å². The highest BCUT2D eigenvalue weighted by atomic mass is 35.5. The molecule has 0 aliphatic carbocycles. The molecule has 26 heavy (non-hydrogen) atoms. The van der Waals surface area contributed by atoms with Gasteiger partial charge in [-0.3, -0.25) is 9.59 Å². The number of halogens is 3. The lowest BCUT2D eigenvalue weighted by Crippen LogP contribution is -2.40. The maximum Gasteiger partial charge on any atom is 0.310 e. The highest BCUT2D eigenvalue weighted by Gasteiger charge is 2.26. The lowest BCUT2D eigenvalue weighted by atomic mass is 9.98. The standard InChI is InChI=1S/C19H23Cl2NO3.ClH/c1-2-25-19(24)15-4-3-10-22(13-15)11-9-17(23)8-6-14-5-7-16(20)12-18(14)21;/h5-8,12,15H,2-4,9-11,13H2,1H3;1H. The molecular formula is C19H24Cl3NO3. The van der Waals surface area contributed by atoms with E-state index >= 15 is 0 Å². The fraction of sp³-hybridized carbons (Fsp3) is 0.474. The van der Waals surface area contributed by atoms with E-state index < -0.39 is 0 Å². The van der Waals surface area contributed by atoms with Gasteiger partial charge in [-0.1, -0.05) is 29.3 Å². The molecular weight excluding hydrogens is 397 g/mol. The van der Waals surface area contributed by atoms with Crippen LogP contribution in [0.4, 0.5) is 0 Å². The molecule has 2 rings (SSSR count). The van der Waals surface area contributed by atoms with Crippen molar-refractivity contribution in [2.45, 2.75) is 26.2 Å². The molecule has 4 nitrogen and oxygen atoms in total. The quantitative estimate of drug-likeness (QED) is 0.475. The van der Waals surface area contributed by atoms with Gasteiger partial charge < -0.3 is 9.64 Å². The predicted molar refractivity (Wildman–Crippen MR) is 108 cm³/mol. The molecule has 1 aliphatic heterocycles. The normalized spacial score (nSPS) is 17.7. The summed E-state index contributed by atoms with van der Waals surface area (Å²) in [6, 6.07) is 5.17. The molecule has 1 aromatic rings. The summed E-state index contributed by atoms with van der Waals surface area (Å²) in [6.07, 6.45) is 5.48. The molecule has 1 unspecified atom stereocenters. The number of allylic oxidation sites excluding steroid dienone is 1. The number of carbonyl (C=O) groups is 2. The summed E-state index contributed by atoms with van der Waals surface area (Å²) < 4.78 is 5.10. The Hall–Kier alpha value is -1.07. The number of nitrogens with zero attached hydrogens (tertiary/aromatic N) is 1. The summed E-state index contributed by atoms with van der Waals surface area (Å²) in [7, 11) is 0. The Bertz CT molecular complexity index is 649. The van der Waals surface area contributed by atoms with E-state index in [0.29, 0.717) is 36.2 Å². The average Bonchev–Trinajstić information content (AvgIpc) is 2.59. The van der Waals surface area contributed by atoms with Crippen molar-refractivity contribution < 1.29 is 14.3 Å². The molecule has 1 aliphatic rings. The van der Waals surface area contributed by atoms with Gasteiger partial charge in [-0.15, -0.1) is 12.4 Å². The van der Waals surface area contributed by atoms with Crippen molar-refractivity contribution in [3.8, 4) is 0 Å². The first-order chi connectivity index (χ1) is 12.0. The predicted octanol–water partition coefficient (Wildman–Crippen LogP) is 4.66. The molecule has 0 saturated carbocycles. The Kier molecular flexibility index (Phi) is 10.3. The first-order valence-corrected chi connectivity index (χ1v) is 9.30. The van der Waals surface area contributed by atoms with E-state index in [-0.39, 0.29) is 30.1 Å². The number of piperidine rings is 1. The third-order valence-electron chi connectivity index (χ3n) is 4.21. The Labute approximate surface area is 170 Å². The van der Waals surface area contributed by atoms with Crippen molar-refractivity contribution in [1.29, 1.82) is 0 Å². The smallest absolute Gasteiger partial charge is 0.310 e. The van der Waals surface area contributed by atoms with E-state index in [1.807, 2.05) is 6.92 Å². The van der Waals surface area contributed by atoms with Crippen LogP contribution in [0.5, 0.6) is 0 Å². The largest absolute Gasteiger partial charge is 0.466 e. The molecule has 0 radical (unpaired) electrons. The maximum atomic E-state index is 12.1. The number of rotatable bonds is 7. The van der Waals surface area contributed by atoms with E-state index in [9.17, 15) is 9.59 Å². The van der Waals surface area contributed by atoms with Gasteiger partial charge in [0.15, 0.2) is 5.78 Å². The molecule has 144 valence electrons. The zero-order valence-corrected chi connectivity index (χ0v) is 17.1. The van der Waals surface area contributed by atoms with Crippen LogP contribution in [0.25, 0.3) is 6.08 Å². The van der Waals surface area contributed by atoms with Gasteiger partial charge in [0, 0.05) is 29.6 Å². The maximum absolute atomic E-state index is 12.1. The molecule has 0 bridgehead atoms. The van der Waals surface area contributed by atoms with Crippen LogP contribution in [-0.4, -0.2) is 42.9 Å². The van der Waals surface area contributed by atoms with Crippen molar-refractivity contribution in [2.75, 3.05) is 26.2 Å². The minimum atomic E-state index is -0.129. The number of hydrogen-bond donors (Lipinski definition) is 0. The van der Waals surface area contributed by atoms with Gasteiger partial charge in [0.2, 0.25) is 0 Å². The van der Waals surface area contributed by atoms with Gasteiger partial charge >= 0.3 is 5.97 Å². The summed E-state index contributed by atoms with van der Waals surface area (Å²) >= 11 is 11.9. The van der Waals surface area contributed by atoms with E-state index in [1.54, 1.807) is 30.4 Å². The summed E-state index contributed by atoms with van der Waals surface area (Å²) in [5, 5.41) is 1.08. The summed E-state index contributed by atoms with van der Waals surface area (Å²) in [5.41, 5.74) is 0.764. The van der Waals surface area contributed by atoms with Crippen LogP contribution < -0.4 is 0 Å². The van der Waals surface area contributed by atoms with Gasteiger partial charge in [-0.05, 0) is 56.2 Å². The number of hydrogen-bond acceptors (Lipinski definition) is 4. The third kappa shape index (κ3) is 7.28. The monoisotopic (exact) mass is 419 g/mol. The lowest BCUT2D eigenvalue weighted by Gasteiger charge is -2.31. The molecule has 0 N–H and O–H groups in total. The van der Waals surface area contributed by atoms with Gasteiger partial charge in [-0.25, -0.2) is 0 Å². The summed E-state index contributed by atoms with van der Waals surface area (Å²) in [5.74, 6) is -0.174. The second kappa shape index (κ2) is 11.6. The zero-order valence-electron chi connectivity index (χ0n) is 14.7. The van der Waals surface area contributed by atoms with Crippen LogP contribution in [0.2, 0.25) is 10.0 Å². The fourth-order valence-corrected chi connectivity index (χ4v) is 3.35. The number of ether oxygens (including phenoxy) is 1. The summed E-state index contributed by atoms with van der Waals surface area (Å²) in [4.78, 5) is 26.1. The molecule has 0 spiro atoms. The van der Waals surface area contributed by atoms with Crippen molar-refractivity contribution in [3.63, 3.8) is 0 Å². The Balaban J connectivity index is 0.00000338. The average molecular weight is 421 g/mol. The van der Waals surface area contributed by atoms with Crippen LogP contribution in [0.15, 0.2) is 24.3 Å². The number of likely N-dealkylation sites (tertiary alicyclic amines) is 1. The van der Waals surface area contributed by atoms with Gasteiger partial charge in [0.05, 0.1) is 12.5 Å². The first kappa shape index (κ1) is 23.0. The van der Waals surface area contributed by atoms with E-state index in [2.05, 4.69) is 4.90 Å². The highest BCUT2D eigenvalue weighted by Crippen LogP contribution is 2.22. The number of benzene rings is 1. The highest BCUT2D eigenvalue weighted by molar-refractivity contribution is 6.35. The van der Waals surface area contributed by atoms with Crippen molar-refractivity contribution >= 4 is 53.4 Å². The fourth-order valence-electron chi connectivity index (χ4n) is 2.88. The van der Waals surface area contributed by atoms with E-state index in [4.69, 9.17) is 27.9 Å². The van der Waals surface area contributed by atoms with Crippen molar-refractivity contribution in [3.05, 3.63) is 39.9 Å². The lowest BCUT2D eigenvalue weighted by molar-refractivity contribution is -0.149. The van der Waals surface area contributed by atoms with Crippen LogP contribution >= 0.6 is 35.6 Å². The third-order valence-corrected chi connectivity index (χ3v) is 4.77. The molecule has 7 heteroatoms. The topological polar surface area (TPSA) is 46.6 Å². The minimum Gasteiger partial charge on any atom is -0.466 e. The second-order valence-corrected chi connectivity index (χ2v) is 6.95.